The first-order valence-electron chi connectivity index (χ1n) is 5.63. The zero-order valence-corrected chi connectivity index (χ0v) is 12.3. The molecule has 1 aromatic carbocycles. The van der Waals surface area contributed by atoms with Gasteiger partial charge in [-0.05, 0) is 18.2 Å². The molecule has 0 spiro atoms. The van der Waals surface area contributed by atoms with Crippen LogP contribution < -0.4 is 5.32 Å². The van der Waals surface area contributed by atoms with Crippen molar-refractivity contribution in [1.29, 1.82) is 0 Å². The molecule has 0 radical (unpaired) electrons. The summed E-state index contributed by atoms with van der Waals surface area (Å²) in [7, 11) is -0.355. The van der Waals surface area contributed by atoms with Gasteiger partial charge in [-0.1, -0.05) is 6.07 Å². The number of aromatic nitrogens is 1. The summed E-state index contributed by atoms with van der Waals surface area (Å²) in [5, 5.41) is 5.11. The van der Waals surface area contributed by atoms with Crippen LogP contribution in [-0.4, -0.2) is 31.8 Å². The molecule has 0 aliphatic heterocycles. The van der Waals surface area contributed by atoms with Gasteiger partial charge in [-0.25, -0.2) is 17.7 Å². The molecule has 1 N–H and O–H groups in total. The summed E-state index contributed by atoms with van der Waals surface area (Å²) < 4.78 is 25.2. The predicted octanol–water partition coefficient (Wildman–Crippen LogP) is 2.01. The van der Waals surface area contributed by atoms with Crippen molar-refractivity contribution in [3.63, 3.8) is 0 Å². The van der Waals surface area contributed by atoms with Crippen LogP contribution in [0.1, 0.15) is 5.69 Å². The van der Waals surface area contributed by atoms with Gasteiger partial charge in [0.2, 0.25) is 10.0 Å². The van der Waals surface area contributed by atoms with Crippen LogP contribution in [-0.2, 0) is 16.6 Å². The van der Waals surface area contributed by atoms with E-state index < -0.39 is 10.0 Å². The topological polar surface area (TPSA) is 62.3 Å². The largest absolute Gasteiger partial charge is 0.379 e. The summed E-state index contributed by atoms with van der Waals surface area (Å²) in [6.45, 7) is 0.578. The van der Waals surface area contributed by atoms with Crippen LogP contribution in [0.3, 0.4) is 0 Å². The van der Waals surface area contributed by atoms with E-state index >= 15 is 0 Å². The predicted molar refractivity (Wildman–Crippen MR) is 76.8 cm³/mol. The van der Waals surface area contributed by atoms with Crippen molar-refractivity contribution in [3.8, 4) is 0 Å². The maximum atomic E-state index is 12.0. The second-order valence-corrected chi connectivity index (χ2v) is 7.02. The van der Waals surface area contributed by atoms with Crippen molar-refractivity contribution in [1.82, 2.24) is 9.29 Å². The minimum Gasteiger partial charge on any atom is -0.379 e. The third kappa shape index (κ3) is 3.31. The van der Waals surface area contributed by atoms with Crippen molar-refractivity contribution in [2.45, 2.75) is 11.4 Å². The molecular weight excluding hydrogens is 282 g/mol. The third-order valence-corrected chi connectivity index (χ3v) is 5.02. The lowest BCUT2D eigenvalue weighted by Crippen LogP contribution is -2.22. The molecule has 0 atom stereocenters. The first-order valence-corrected chi connectivity index (χ1v) is 8.02. The molecule has 5 nitrogen and oxygen atoms in total. The van der Waals surface area contributed by atoms with Crippen LogP contribution >= 0.6 is 11.3 Å². The van der Waals surface area contributed by atoms with E-state index in [1.54, 1.807) is 23.7 Å². The van der Waals surface area contributed by atoms with Crippen LogP contribution in [0.5, 0.6) is 0 Å². The highest BCUT2D eigenvalue weighted by Gasteiger charge is 2.17. The summed E-state index contributed by atoms with van der Waals surface area (Å²) in [5.41, 5.74) is 3.46. The standard InChI is InChI=1S/C12H15N3O2S2/c1-15(2)19(16,17)12-5-3-4-10(6-12)13-7-11-8-18-9-14-11/h3-6,8-9,13H,7H2,1-2H3. The number of benzene rings is 1. The van der Waals surface area contributed by atoms with E-state index in [0.29, 0.717) is 6.54 Å². The third-order valence-electron chi connectivity index (χ3n) is 2.57. The minimum atomic E-state index is -3.39. The highest BCUT2D eigenvalue weighted by Crippen LogP contribution is 2.18. The normalized spacial score (nSPS) is 11.7. The molecule has 0 aliphatic carbocycles. The molecule has 0 bridgehead atoms. The fourth-order valence-electron chi connectivity index (χ4n) is 1.49. The molecule has 0 saturated carbocycles. The second-order valence-electron chi connectivity index (χ2n) is 4.15. The van der Waals surface area contributed by atoms with Gasteiger partial charge in [-0.3, -0.25) is 0 Å². The van der Waals surface area contributed by atoms with E-state index in [0.717, 1.165) is 11.4 Å². The minimum absolute atomic E-state index is 0.278. The first kappa shape index (κ1) is 14.0. The van der Waals surface area contributed by atoms with Gasteiger partial charge in [-0.2, -0.15) is 0 Å². The van der Waals surface area contributed by atoms with E-state index in [4.69, 9.17) is 0 Å². The van der Waals surface area contributed by atoms with Crippen LogP contribution in [0.2, 0.25) is 0 Å². The van der Waals surface area contributed by atoms with E-state index in [1.807, 2.05) is 11.4 Å². The molecule has 7 heteroatoms. The number of anilines is 1. The Morgan fingerprint density at radius 3 is 2.79 bits per heavy atom. The first-order chi connectivity index (χ1) is 9.00. The van der Waals surface area contributed by atoms with E-state index in [9.17, 15) is 8.42 Å². The second kappa shape index (κ2) is 5.68. The maximum absolute atomic E-state index is 12.0. The molecule has 0 aliphatic rings. The molecule has 102 valence electrons. The lowest BCUT2D eigenvalue weighted by Gasteiger charge is -2.12. The Bertz CT molecular complexity index is 637. The average molecular weight is 297 g/mol. The van der Waals surface area contributed by atoms with Crippen LogP contribution in [0, 0.1) is 0 Å². The molecule has 1 aromatic heterocycles. The highest BCUT2D eigenvalue weighted by molar-refractivity contribution is 7.89. The molecule has 2 aromatic rings. The molecule has 0 saturated heterocycles. The molecule has 19 heavy (non-hydrogen) atoms. The summed E-state index contributed by atoms with van der Waals surface area (Å²) in [6.07, 6.45) is 0. The molecule has 0 fully saturated rings. The van der Waals surface area contributed by atoms with Gasteiger partial charge in [0.1, 0.15) is 0 Å². The number of nitrogens with one attached hydrogen (secondary N) is 1. The van der Waals surface area contributed by atoms with Gasteiger partial charge >= 0.3 is 0 Å². The number of hydrogen-bond donors (Lipinski definition) is 1. The number of nitrogens with zero attached hydrogens (tertiary/aromatic N) is 2. The Morgan fingerprint density at radius 2 is 2.16 bits per heavy atom. The Hall–Kier alpha value is -1.44. The molecule has 1 heterocycles. The van der Waals surface area contributed by atoms with Crippen LogP contribution in [0.4, 0.5) is 5.69 Å². The zero-order chi connectivity index (χ0) is 13.9. The maximum Gasteiger partial charge on any atom is 0.242 e. The fraction of sp³-hybridized carbons (Fsp3) is 0.250. The van der Waals surface area contributed by atoms with Crippen molar-refractivity contribution < 1.29 is 8.42 Å². The summed E-state index contributed by atoms with van der Waals surface area (Å²) in [6, 6.07) is 6.77. The Labute approximate surface area is 117 Å². The lowest BCUT2D eigenvalue weighted by molar-refractivity contribution is 0.521. The van der Waals surface area contributed by atoms with Gasteiger partial charge in [0.25, 0.3) is 0 Å². The Kier molecular flexibility index (Phi) is 4.18. The lowest BCUT2D eigenvalue weighted by atomic mass is 10.3. The zero-order valence-electron chi connectivity index (χ0n) is 10.7. The summed E-state index contributed by atoms with van der Waals surface area (Å²) in [5.74, 6) is 0. The Balaban J connectivity index is 2.16. The van der Waals surface area contributed by atoms with Gasteiger partial charge < -0.3 is 5.32 Å². The average Bonchev–Trinajstić information content (AvgIpc) is 2.89. The SMILES string of the molecule is CN(C)S(=O)(=O)c1cccc(NCc2cscn2)c1. The monoisotopic (exact) mass is 297 g/mol. The number of rotatable bonds is 5. The quantitative estimate of drug-likeness (QED) is 0.917. The molecular formula is C12H15N3O2S2. The van der Waals surface area contributed by atoms with Crippen molar-refractivity contribution in [3.05, 3.63) is 40.8 Å². The van der Waals surface area contributed by atoms with E-state index in [2.05, 4.69) is 10.3 Å². The summed E-state index contributed by atoms with van der Waals surface area (Å²) >= 11 is 1.53. The summed E-state index contributed by atoms with van der Waals surface area (Å²) in [4.78, 5) is 4.44. The molecule has 0 amide bonds. The molecule has 2 rings (SSSR count). The van der Waals surface area contributed by atoms with Crippen molar-refractivity contribution >= 4 is 27.0 Å². The van der Waals surface area contributed by atoms with Gasteiger partial charge in [-0.15, -0.1) is 11.3 Å². The van der Waals surface area contributed by atoms with Gasteiger partial charge in [0.05, 0.1) is 22.6 Å². The number of thiazole rings is 1. The van der Waals surface area contributed by atoms with E-state index in [1.165, 1.54) is 29.7 Å². The van der Waals surface area contributed by atoms with Crippen molar-refractivity contribution in [2.24, 2.45) is 0 Å². The van der Waals surface area contributed by atoms with Crippen molar-refractivity contribution in [2.75, 3.05) is 19.4 Å². The van der Waals surface area contributed by atoms with Gasteiger partial charge in [0.15, 0.2) is 0 Å². The molecule has 0 unspecified atom stereocenters. The van der Waals surface area contributed by atoms with E-state index in [-0.39, 0.29) is 4.90 Å². The fourth-order valence-corrected chi connectivity index (χ4v) is 3.00. The van der Waals surface area contributed by atoms with Crippen LogP contribution in [0.15, 0.2) is 40.1 Å². The number of hydrogen-bond acceptors (Lipinski definition) is 5. The Morgan fingerprint density at radius 1 is 1.37 bits per heavy atom. The van der Waals surface area contributed by atoms with Crippen LogP contribution in [0.25, 0.3) is 0 Å². The van der Waals surface area contributed by atoms with Gasteiger partial charge in [0, 0.05) is 25.2 Å². The highest BCUT2D eigenvalue weighted by atomic mass is 32.2. The number of sulfonamides is 1. The smallest absolute Gasteiger partial charge is 0.242 e.